The summed E-state index contributed by atoms with van der Waals surface area (Å²) in [4.78, 5) is 0. The third kappa shape index (κ3) is 5.32. The van der Waals surface area contributed by atoms with Gasteiger partial charge in [-0.2, -0.15) is 0 Å². The first kappa shape index (κ1) is 15.4. The van der Waals surface area contributed by atoms with Crippen LogP contribution in [0.25, 0.3) is 0 Å². The topological polar surface area (TPSA) is 12.0 Å². The molecule has 0 radical (unpaired) electrons. The van der Waals surface area contributed by atoms with Gasteiger partial charge in [0.2, 0.25) is 0 Å². The van der Waals surface area contributed by atoms with E-state index in [1.807, 2.05) is 12.1 Å². The molecule has 0 spiro atoms. The van der Waals surface area contributed by atoms with Gasteiger partial charge in [-0.3, -0.25) is 0 Å². The van der Waals surface area contributed by atoms with E-state index in [0.29, 0.717) is 21.9 Å². The minimum atomic E-state index is 0.480. The molecule has 0 aromatic heterocycles. The Balaban J connectivity index is 2.82. The quantitative estimate of drug-likeness (QED) is 0.675. The lowest BCUT2D eigenvalue weighted by atomic mass is 9.88. The molecule has 0 heterocycles. The lowest BCUT2D eigenvalue weighted by Gasteiger charge is -2.20. The molecule has 1 N–H and O–H groups in total. The molecule has 1 atom stereocenters. The van der Waals surface area contributed by atoms with E-state index in [1.165, 1.54) is 5.56 Å². The summed E-state index contributed by atoms with van der Waals surface area (Å²) in [6.45, 7) is 9.06. The van der Waals surface area contributed by atoms with Crippen LogP contribution in [-0.4, -0.2) is 6.54 Å². The Morgan fingerprint density at radius 1 is 1.22 bits per heavy atom. The predicted octanol–water partition coefficient (Wildman–Crippen LogP) is 5.25. The maximum atomic E-state index is 6.08. The van der Waals surface area contributed by atoms with E-state index in [1.54, 1.807) is 12.3 Å². The van der Waals surface area contributed by atoms with E-state index in [2.05, 4.69) is 25.7 Å². The second kappa shape index (κ2) is 7.70. The smallest absolute Gasteiger partial charge is 0.0423 e. The van der Waals surface area contributed by atoms with E-state index in [0.717, 1.165) is 19.4 Å². The molecule has 0 amide bonds. The summed E-state index contributed by atoms with van der Waals surface area (Å²) in [6, 6.07) is 5.82. The SMILES string of the molecule is C=CNCCC(CC(C)C)c1cc(Cl)cc(Cl)c1. The first-order valence-electron chi connectivity index (χ1n) is 6.33. The van der Waals surface area contributed by atoms with Crippen molar-refractivity contribution >= 4 is 23.2 Å². The van der Waals surface area contributed by atoms with Gasteiger partial charge in [-0.25, -0.2) is 0 Å². The van der Waals surface area contributed by atoms with Gasteiger partial charge in [0, 0.05) is 16.6 Å². The van der Waals surface area contributed by atoms with Crippen LogP contribution in [0.2, 0.25) is 10.0 Å². The van der Waals surface area contributed by atoms with Crippen LogP contribution < -0.4 is 5.32 Å². The fraction of sp³-hybridized carbons (Fsp3) is 0.467. The average molecular weight is 286 g/mol. The molecule has 3 heteroatoms. The van der Waals surface area contributed by atoms with E-state index in [4.69, 9.17) is 23.2 Å². The summed E-state index contributed by atoms with van der Waals surface area (Å²) in [5.74, 6) is 1.13. The minimum Gasteiger partial charge on any atom is -0.391 e. The zero-order valence-electron chi connectivity index (χ0n) is 11.0. The van der Waals surface area contributed by atoms with Crippen LogP contribution in [0.15, 0.2) is 31.0 Å². The molecular weight excluding hydrogens is 265 g/mol. The van der Waals surface area contributed by atoms with Crippen LogP contribution in [-0.2, 0) is 0 Å². The van der Waals surface area contributed by atoms with Crippen molar-refractivity contribution in [3.63, 3.8) is 0 Å². The minimum absolute atomic E-state index is 0.480. The highest BCUT2D eigenvalue weighted by Crippen LogP contribution is 2.31. The number of halogens is 2. The molecule has 0 aliphatic carbocycles. The highest BCUT2D eigenvalue weighted by atomic mass is 35.5. The van der Waals surface area contributed by atoms with Gasteiger partial charge in [0.15, 0.2) is 0 Å². The second-order valence-corrected chi connectivity index (χ2v) is 5.85. The van der Waals surface area contributed by atoms with Crippen molar-refractivity contribution in [1.82, 2.24) is 5.32 Å². The van der Waals surface area contributed by atoms with E-state index in [9.17, 15) is 0 Å². The molecule has 1 aromatic rings. The van der Waals surface area contributed by atoms with Gasteiger partial charge < -0.3 is 5.32 Å². The second-order valence-electron chi connectivity index (χ2n) is 4.98. The molecule has 1 rings (SSSR count). The highest BCUT2D eigenvalue weighted by Gasteiger charge is 2.14. The van der Waals surface area contributed by atoms with Gasteiger partial charge >= 0.3 is 0 Å². The van der Waals surface area contributed by atoms with E-state index >= 15 is 0 Å². The van der Waals surface area contributed by atoms with Gasteiger partial charge in [0.25, 0.3) is 0 Å². The maximum Gasteiger partial charge on any atom is 0.0423 e. The largest absolute Gasteiger partial charge is 0.391 e. The van der Waals surface area contributed by atoms with Gasteiger partial charge in [-0.1, -0.05) is 43.6 Å². The number of hydrogen-bond donors (Lipinski definition) is 1. The molecule has 0 aliphatic rings. The molecule has 18 heavy (non-hydrogen) atoms. The molecule has 1 aromatic carbocycles. The summed E-state index contributed by atoms with van der Waals surface area (Å²) in [5.41, 5.74) is 1.23. The van der Waals surface area contributed by atoms with Crippen LogP contribution in [0.4, 0.5) is 0 Å². The first-order chi connectivity index (χ1) is 8.52. The number of benzene rings is 1. The number of rotatable bonds is 7. The third-order valence-electron chi connectivity index (χ3n) is 2.89. The van der Waals surface area contributed by atoms with Gasteiger partial charge in [0.05, 0.1) is 0 Å². The maximum absolute atomic E-state index is 6.08. The standard InChI is InChI=1S/C15H21Cl2N/c1-4-18-6-5-12(7-11(2)3)13-8-14(16)10-15(17)9-13/h4,8-12,18H,1,5-7H2,2-3H3. The summed E-state index contributed by atoms with van der Waals surface area (Å²) in [6.07, 6.45) is 3.92. The molecule has 0 saturated heterocycles. The fourth-order valence-corrected chi connectivity index (χ4v) is 2.70. The Morgan fingerprint density at radius 2 is 1.83 bits per heavy atom. The van der Waals surface area contributed by atoms with Crippen molar-refractivity contribution in [3.8, 4) is 0 Å². The van der Waals surface area contributed by atoms with E-state index in [-0.39, 0.29) is 0 Å². The van der Waals surface area contributed by atoms with Crippen LogP contribution >= 0.6 is 23.2 Å². The lowest BCUT2D eigenvalue weighted by molar-refractivity contribution is 0.473. The van der Waals surface area contributed by atoms with Crippen molar-refractivity contribution in [2.75, 3.05) is 6.54 Å². The molecule has 1 nitrogen and oxygen atoms in total. The lowest BCUT2D eigenvalue weighted by Crippen LogP contribution is -2.13. The fourth-order valence-electron chi connectivity index (χ4n) is 2.16. The van der Waals surface area contributed by atoms with Crippen molar-refractivity contribution in [1.29, 1.82) is 0 Å². The Hall–Kier alpha value is -0.660. The highest BCUT2D eigenvalue weighted by molar-refractivity contribution is 6.34. The average Bonchev–Trinajstić information content (AvgIpc) is 2.26. The van der Waals surface area contributed by atoms with Crippen LogP contribution in [0.5, 0.6) is 0 Å². The Kier molecular flexibility index (Phi) is 6.59. The monoisotopic (exact) mass is 285 g/mol. The van der Waals surface area contributed by atoms with Crippen molar-refractivity contribution in [2.24, 2.45) is 5.92 Å². The summed E-state index contributed by atoms with van der Waals surface area (Å²) < 4.78 is 0. The molecular formula is C15H21Cl2N. The Labute approximate surface area is 120 Å². The molecule has 0 fully saturated rings. The van der Waals surface area contributed by atoms with Crippen molar-refractivity contribution in [3.05, 3.63) is 46.6 Å². The van der Waals surface area contributed by atoms with Crippen molar-refractivity contribution in [2.45, 2.75) is 32.6 Å². The van der Waals surface area contributed by atoms with Gasteiger partial charge in [0.1, 0.15) is 0 Å². The summed E-state index contributed by atoms with van der Waals surface area (Å²) in [7, 11) is 0. The third-order valence-corrected chi connectivity index (χ3v) is 3.33. The van der Waals surface area contributed by atoms with E-state index < -0.39 is 0 Å². The first-order valence-corrected chi connectivity index (χ1v) is 7.08. The number of nitrogens with one attached hydrogen (secondary N) is 1. The molecule has 0 aliphatic heterocycles. The Morgan fingerprint density at radius 3 is 2.33 bits per heavy atom. The molecule has 100 valence electrons. The summed E-state index contributed by atoms with van der Waals surface area (Å²) >= 11 is 12.2. The number of hydrogen-bond acceptors (Lipinski definition) is 1. The van der Waals surface area contributed by atoms with Gasteiger partial charge in [-0.05, 0) is 54.6 Å². The Bertz CT molecular complexity index is 368. The van der Waals surface area contributed by atoms with Crippen molar-refractivity contribution < 1.29 is 0 Å². The van der Waals surface area contributed by atoms with Gasteiger partial charge in [-0.15, -0.1) is 0 Å². The molecule has 0 bridgehead atoms. The van der Waals surface area contributed by atoms with Crippen LogP contribution in [0.1, 0.15) is 38.2 Å². The van der Waals surface area contributed by atoms with Crippen LogP contribution in [0.3, 0.4) is 0 Å². The summed E-state index contributed by atoms with van der Waals surface area (Å²) in [5, 5.41) is 4.57. The molecule has 0 saturated carbocycles. The predicted molar refractivity (Wildman–Crippen MR) is 81.5 cm³/mol. The molecule has 1 unspecified atom stereocenters. The zero-order chi connectivity index (χ0) is 13.5. The van der Waals surface area contributed by atoms with Crippen LogP contribution in [0, 0.1) is 5.92 Å². The normalized spacial score (nSPS) is 12.5. The zero-order valence-corrected chi connectivity index (χ0v) is 12.6.